The number of hydrogen-bond acceptors (Lipinski definition) is 4. The Kier molecular flexibility index (Phi) is 4.77. The van der Waals surface area contributed by atoms with E-state index in [1.807, 2.05) is 19.5 Å². The number of rotatable bonds is 1. The van der Waals surface area contributed by atoms with E-state index >= 15 is 0 Å². The summed E-state index contributed by atoms with van der Waals surface area (Å²) in [7, 11) is 1.99. The first kappa shape index (κ1) is 11.3. The molecule has 0 N–H and O–H groups in total. The molecule has 1 aliphatic heterocycles. The molecule has 1 aliphatic rings. The highest BCUT2D eigenvalue weighted by atomic mass is 32.2. The van der Waals surface area contributed by atoms with Crippen molar-refractivity contribution in [3.8, 4) is 6.19 Å². The maximum atomic E-state index is 8.51. The molecule has 4 nitrogen and oxygen atoms in total. The van der Waals surface area contributed by atoms with Crippen molar-refractivity contribution in [2.75, 3.05) is 26.5 Å². The van der Waals surface area contributed by atoms with Gasteiger partial charge in [-0.2, -0.15) is 5.26 Å². The normalized spacial score (nSPS) is 19.1. The number of aliphatic imine (C=N–C) groups is 1. The summed E-state index contributed by atoms with van der Waals surface area (Å²) in [6, 6.07) is 0.461. The second-order valence-corrected chi connectivity index (χ2v) is 3.93. The molecule has 14 heavy (non-hydrogen) atoms. The number of thioether (sulfide) groups is 1. The molecule has 1 fully saturated rings. The highest BCUT2D eigenvalue weighted by molar-refractivity contribution is 8.13. The van der Waals surface area contributed by atoms with Crippen LogP contribution in [0.2, 0.25) is 0 Å². The van der Waals surface area contributed by atoms with Crippen LogP contribution in [0.4, 0.5) is 0 Å². The second-order valence-electron chi connectivity index (χ2n) is 3.15. The number of nitrogens with zero attached hydrogens (tertiary/aromatic N) is 3. The second kappa shape index (κ2) is 5.89. The van der Waals surface area contributed by atoms with Gasteiger partial charge in [-0.3, -0.25) is 0 Å². The molecule has 0 bridgehead atoms. The van der Waals surface area contributed by atoms with E-state index in [0.717, 1.165) is 31.2 Å². The molecule has 0 aromatic carbocycles. The fourth-order valence-electron chi connectivity index (χ4n) is 1.54. The number of amidine groups is 1. The van der Waals surface area contributed by atoms with E-state index in [0.29, 0.717) is 6.04 Å². The van der Waals surface area contributed by atoms with E-state index in [-0.39, 0.29) is 0 Å². The Labute approximate surface area is 88.9 Å². The molecular formula is C9H15N3OS. The lowest BCUT2D eigenvalue weighted by Crippen LogP contribution is -2.39. The Morgan fingerprint density at radius 3 is 2.71 bits per heavy atom. The third-order valence-corrected chi connectivity index (χ3v) is 3.11. The van der Waals surface area contributed by atoms with Gasteiger partial charge in [0, 0.05) is 26.3 Å². The third kappa shape index (κ3) is 2.89. The summed E-state index contributed by atoms with van der Waals surface area (Å²) >= 11 is 1.51. The molecule has 1 saturated heterocycles. The van der Waals surface area contributed by atoms with Gasteiger partial charge in [0.2, 0.25) is 6.19 Å². The third-order valence-electron chi connectivity index (χ3n) is 2.37. The molecule has 0 aromatic rings. The molecule has 5 heteroatoms. The molecule has 0 amide bonds. The van der Waals surface area contributed by atoms with Crippen molar-refractivity contribution in [1.29, 1.82) is 5.26 Å². The minimum atomic E-state index is 0.461. The molecule has 1 heterocycles. The Hall–Kier alpha value is -0.730. The molecule has 0 aromatic heterocycles. The molecule has 0 spiro atoms. The van der Waals surface area contributed by atoms with Crippen LogP contribution in [-0.4, -0.2) is 42.6 Å². The van der Waals surface area contributed by atoms with Crippen LogP contribution in [0.5, 0.6) is 0 Å². The summed E-state index contributed by atoms with van der Waals surface area (Å²) in [4.78, 5) is 5.87. The number of hydrogen-bond donors (Lipinski definition) is 0. The van der Waals surface area contributed by atoms with E-state index in [4.69, 9.17) is 10.00 Å². The maximum absolute atomic E-state index is 8.51. The van der Waals surface area contributed by atoms with Crippen molar-refractivity contribution in [3.05, 3.63) is 0 Å². The van der Waals surface area contributed by atoms with Gasteiger partial charge in [-0.25, -0.2) is 0 Å². The quantitative estimate of drug-likeness (QED) is 0.374. The van der Waals surface area contributed by atoms with Crippen LogP contribution < -0.4 is 0 Å². The Bertz CT molecular complexity index is 243. The van der Waals surface area contributed by atoms with Gasteiger partial charge in [-0.15, -0.1) is 4.99 Å². The van der Waals surface area contributed by atoms with Gasteiger partial charge in [0.05, 0.1) is 0 Å². The highest BCUT2D eigenvalue weighted by Gasteiger charge is 2.20. The molecule has 0 unspecified atom stereocenters. The summed E-state index contributed by atoms with van der Waals surface area (Å²) in [6.07, 6.45) is 5.80. The molecule has 0 aliphatic carbocycles. The number of ether oxygens (including phenoxy) is 1. The SMILES string of the molecule is CSC(=NC#N)N(C)C1CCOCC1. The summed E-state index contributed by atoms with van der Waals surface area (Å²) in [5.41, 5.74) is 0. The first-order valence-corrected chi connectivity index (χ1v) is 5.83. The van der Waals surface area contributed by atoms with E-state index < -0.39 is 0 Å². The van der Waals surface area contributed by atoms with Crippen molar-refractivity contribution in [2.45, 2.75) is 18.9 Å². The monoisotopic (exact) mass is 213 g/mol. The van der Waals surface area contributed by atoms with E-state index in [9.17, 15) is 0 Å². The van der Waals surface area contributed by atoms with Crippen LogP contribution >= 0.6 is 11.8 Å². The lowest BCUT2D eigenvalue weighted by molar-refractivity contribution is 0.0612. The van der Waals surface area contributed by atoms with Crippen LogP contribution in [0.1, 0.15) is 12.8 Å². The molecule has 78 valence electrons. The minimum absolute atomic E-state index is 0.461. The Morgan fingerprint density at radius 2 is 2.21 bits per heavy atom. The van der Waals surface area contributed by atoms with Crippen molar-refractivity contribution < 1.29 is 4.74 Å². The highest BCUT2D eigenvalue weighted by Crippen LogP contribution is 2.16. The zero-order valence-electron chi connectivity index (χ0n) is 8.56. The lowest BCUT2D eigenvalue weighted by Gasteiger charge is -2.32. The van der Waals surface area contributed by atoms with Crippen molar-refractivity contribution >= 4 is 16.9 Å². The van der Waals surface area contributed by atoms with Crippen molar-refractivity contribution in [1.82, 2.24) is 4.90 Å². The van der Waals surface area contributed by atoms with Gasteiger partial charge in [0.25, 0.3) is 0 Å². The van der Waals surface area contributed by atoms with Crippen molar-refractivity contribution in [3.63, 3.8) is 0 Å². The summed E-state index contributed by atoms with van der Waals surface area (Å²) < 4.78 is 5.28. The average molecular weight is 213 g/mol. The van der Waals surface area contributed by atoms with E-state index in [1.165, 1.54) is 11.8 Å². The van der Waals surface area contributed by atoms with Crippen LogP contribution in [0.3, 0.4) is 0 Å². The van der Waals surface area contributed by atoms with Gasteiger partial charge in [0.1, 0.15) is 0 Å². The van der Waals surface area contributed by atoms with Crippen LogP contribution in [-0.2, 0) is 4.74 Å². The largest absolute Gasteiger partial charge is 0.381 e. The van der Waals surface area contributed by atoms with E-state index in [2.05, 4.69) is 9.89 Å². The molecule has 0 atom stereocenters. The first-order chi connectivity index (χ1) is 6.79. The molecule has 0 saturated carbocycles. The molecular weight excluding hydrogens is 198 g/mol. The summed E-state index contributed by atoms with van der Waals surface area (Å²) in [5.74, 6) is 0. The fourth-order valence-corrected chi connectivity index (χ4v) is 2.11. The smallest absolute Gasteiger partial charge is 0.208 e. The lowest BCUT2D eigenvalue weighted by atomic mass is 10.1. The predicted octanol–water partition coefficient (Wildman–Crippen LogP) is 1.30. The van der Waals surface area contributed by atoms with Gasteiger partial charge in [-0.05, 0) is 19.1 Å². The Balaban J connectivity index is 2.57. The van der Waals surface area contributed by atoms with Crippen LogP contribution in [0.25, 0.3) is 0 Å². The summed E-state index contributed by atoms with van der Waals surface area (Å²) in [5, 5.41) is 9.30. The fraction of sp³-hybridized carbons (Fsp3) is 0.778. The van der Waals surface area contributed by atoms with Crippen LogP contribution in [0, 0.1) is 11.5 Å². The van der Waals surface area contributed by atoms with Gasteiger partial charge in [-0.1, -0.05) is 11.8 Å². The topological polar surface area (TPSA) is 48.6 Å². The zero-order chi connectivity index (χ0) is 10.4. The van der Waals surface area contributed by atoms with Crippen molar-refractivity contribution in [2.24, 2.45) is 4.99 Å². The standard InChI is InChI=1S/C9H15N3OS/c1-12(9(14-2)11-7-10)8-3-5-13-6-4-8/h8H,3-6H2,1-2H3. The van der Waals surface area contributed by atoms with E-state index in [1.54, 1.807) is 0 Å². The molecule has 1 rings (SSSR count). The minimum Gasteiger partial charge on any atom is -0.381 e. The first-order valence-electron chi connectivity index (χ1n) is 4.61. The summed E-state index contributed by atoms with van der Waals surface area (Å²) in [6.45, 7) is 1.62. The van der Waals surface area contributed by atoms with Gasteiger partial charge >= 0.3 is 0 Å². The molecule has 0 radical (unpaired) electrons. The zero-order valence-corrected chi connectivity index (χ0v) is 9.38. The predicted molar refractivity (Wildman–Crippen MR) is 58.2 cm³/mol. The number of nitriles is 1. The van der Waals surface area contributed by atoms with Gasteiger partial charge in [0.15, 0.2) is 5.17 Å². The maximum Gasteiger partial charge on any atom is 0.208 e. The Morgan fingerprint density at radius 1 is 1.57 bits per heavy atom. The average Bonchev–Trinajstić information content (AvgIpc) is 2.26. The van der Waals surface area contributed by atoms with Gasteiger partial charge < -0.3 is 9.64 Å². The van der Waals surface area contributed by atoms with Crippen LogP contribution in [0.15, 0.2) is 4.99 Å².